The summed E-state index contributed by atoms with van der Waals surface area (Å²) in [5, 5.41) is 0.636. The standard InChI is InChI=1S/C15H14ClF2N/c16-13-3-1-10(2-4-13)12(9-19)7-11-8-14(17)5-6-15(11)18/h1-6,8,12H,7,9,19H2. The SMILES string of the molecule is NCC(Cc1cc(F)ccc1F)c1ccc(Cl)cc1. The lowest BCUT2D eigenvalue weighted by Crippen LogP contribution is -2.15. The molecule has 0 aliphatic rings. The van der Waals surface area contributed by atoms with E-state index in [1.165, 1.54) is 6.07 Å². The third-order valence-electron chi connectivity index (χ3n) is 3.10. The fraction of sp³-hybridized carbons (Fsp3) is 0.200. The van der Waals surface area contributed by atoms with Gasteiger partial charge >= 0.3 is 0 Å². The van der Waals surface area contributed by atoms with Crippen LogP contribution in [-0.4, -0.2) is 6.54 Å². The van der Waals surface area contributed by atoms with Gasteiger partial charge in [-0.2, -0.15) is 0 Å². The average molecular weight is 282 g/mol. The molecule has 0 radical (unpaired) electrons. The third-order valence-corrected chi connectivity index (χ3v) is 3.35. The molecule has 0 amide bonds. The van der Waals surface area contributed by atoms with Crippen molar-refractivity contribution in [2.75, 3.05) is 6.54 Å². The van der Waals surface area contributed by atoms with Gasteiger partial charge in [-0.15, -0.1) is 0 Å². The summed E-state index contributed by atoms with van der Waals surface area (Å²) in [6.07, 6.45) is 0.363. The zero-order chi connectivity index (χ0) is 13.8. The molecule has 19 heavy (non-hydrogen) atoms. The lowest BCUT2D eigenvalue weighted by molar-refractivity contribution is 0.570. The van der Waals surface area contributed by atoms with E-state index in [4.69, 9.17) is 17.3 Å². The van der Waals surface area contributed by atoms with Gasteiger partial charge in [0, 0.05) is 10.9 Å². The Hall–Kier alpha value is -1.45. The molecular formula is C15H14ClF2N. The van der Waals surface area contributed by atoms with Gasteiger partial charge < -0.3 is 5.73 Å². The van der Waals surface area contributed by atoms with Gasteiger partial charge in [-0.25, -0.2) is 8.78 Å². The first-order chi connectivity index (χ1) is 9.10. The summed E-state index contributed by atoms with van der Waals surface area (Å²) < 4.78 is 26.8. The van der Waals surface area contributed by atoms with Crippen molar-refractivity contribution in [3.63, 3.8) is 0 Å². The van der Waals surface area contributed by atoms with Gasteiger partial charge in [-0.3, -0.25) is 0 Å². The highest BCUT2D eigenvalue weighted by molar-refractivity contribution is 6.30. The maximum absolute atomic E-state index is 13.6. The van der Waals surface area contributed by atoms with Crippen LogP contribution in [0.2, 0.25) is 5.02 Å². The lowest BCUT2D eigenvalue weighted by atomic mass is 9.92. The second kappa shape index (κ2) is 6.13. The quantitative estimate of drug-likeness (QED) is 0.904. The Morgan fingerprint density at radius 2 is 1.74 bits per heavy atom. The Kier molecular flexibility index (Phi) is 4.51. The van der Waals surface area contributed by atoms with Gasteiger partial charge in [0.25, 0.3) is 0 Å². The highest BCUT2D eigenvalue weighted by Gasteiger charge is 2.14. The van der Waals surface area contributed by atoms with Crippen molar-refractivity contribution >= 4 is 11.6 Å². The molecule has 2 aromatic carbocycles. The van der Waals surface area contributed by atoms with Gasteiger partial charge in [0.1, 0.15) is 11.6 Å². The predicted molar refractivity (Wildman–Crippen MR) is 73.3 cm³/mol. The molecule has 1 nitrogen and oxygen atoms in total. The van der Waals surface area contributed by atoms with Crippen LogP contribution in [0.15, 0.2) is 42.5 Å². The summed E-state index contributed by atoms with van der Waals surface area (Å²) in [5.41, 5.74) is 7.04. The van der Waals surface area contributed by atoms with Crippen LogP contribution in [0.25, 0.3) is 0 Å². The van der Waals surface area contributed by atoms with E-state index in [1.807, 2.05) is 12.1 Å². The first-order valence-corrected chi connectivity index (χ1v) is 6.37. The van der Waals surface area contributed by atoms with E-state index >= 15 is 0 Å². The maximum Gasteiger partial charge on any atom is 0.126 e. The van der Waals surface area contributed by atoms with Crippen molar-refractivity contribution in [1.82, 2.24) is 0 Å². The molecule has 0 aromatic heterocycles. The molecule has 2 rings (SSSR count). The number of nitrogens with two attached hydrogens (primary N) is 1. The van der Waals surface area contributed by atoms with E-state index in [1.54, 1.807) is 12.1 Å². The maximum atomic E-state index is 13.6. The molecule has 0 saturated heterocycles. The molecular weight excluding hydrogens is 268 g/mol. The molecule has 0 aliphatic heterocycles. The third kappa shape index (κ3) is 3.52. The van der Waals surface area contributed by atoms with Crippen LogP contribution in [0.4, 0.5) is 8.78 Å². The summed E-state index contributed by atoms with van der Waals surface area (Å²) in [4.78, 5) is 0. The number of hydrogen-bond donors (Lipinski definition) is 1. The van der Waals surface area contributed by atoms with Crippen LogP contribution in [0, 0.1) is 11.6 Å². The normalized spacial score (nSPS) is 12.4. The fourth-order valence-corrected chi connectivity index (χ4v) is 2.16. The second-order valence-corrected chi connectivity index (χ2v) is 4.86. The van der Waals surface area contributed by atoms with E-state index in [2.05, 4.69) is 0 Å². The minimum atomic E-state index is -0.441. The molecule has 0 saturated carbocycles. The minimum Gasteiger partial charge on any atom is -0.330 e. The van der Waals surface area contributed by atoms with Crippen molar-refractivity contribution in [2.24, 2.45) is 5.73 Å². The first-order valence-electron chi connectivity index (χ1n) is 5.99. The Morgan fingerprint density at radius 3 is 2.37 bits per heavy atom. The highest BCUT2D eigenvalue weighted by atomic mass is 35.5. The Bertz CT molecular complexity index is 555. The van der Waals surface area contributed by atoms with E-state index in [0.29, 0.717) is 23.6 Å². The largest absolute Gasteiger partial charge is 0.330 e. The van der Waals surface area contributed by atoms with Crippen LogP contribution < -0.4 is 5.73 Å². The molecule has 1 unspecified atom stereocenters. The van der Waals surface area contributed by atoms with Crippen LogP contribution in [0.1, 0.15) is 17.0 Å². The van der Waals surface area contributed by atoms with Crippen molar-refractivity contribution in [3.05, 3.63) is 70.2 Å². The zero-order valence-electron chi connectivity index (χ0n) is 10.2. The fourth-order valence-electron chi connectivity index (χ4n) is 2.04. The average Bonchev–Trinajstić information content (AvgIpc) is 2.41. The van der Waals surface area contributed by atoms with Gasteiger partial charge in [-0.1, -0.05) is 23.7 Å². The highest BCUT2D eigenvalue weighted by Crippen LogP contribution is 2.23. The molecule has 100 valence electrons. The molecule has 2 aromatic rings. The minimum absolute atomic E-state index is 0.0615. The van der Waals surface area contributed by atoms with E-state index in [-0.39, 0.29) is 5.92 Å². The lowest BCUT2D eigenvalue weighted by Gasteiger charge is -2.16. The van der Waals surface area contributed by atoms with Gasteiger partial charge in [0.05, 0.1) is 0 Å². The van der Waals surface area contributed by atoms with Crippen LogP contribution in [0.5, 0.6) is 0 Å². The molecule has 2 N–H and O–H groups in total. The monoisotopic (exact) mass is 281 g/mol. The summed E-state index contributed by atoms with van der Waals surface area (Å²) in [7, 11) is 0. The Morgan fingerprint density at radius 1 is 1.05 bits per heavy atom. The van der Waals surface area contributed by atoms with Gasteiger partial charge in [0.15, 0.2) is 0 Å². The molecule has 1 atom stereocenters. The Labute approximate surface area is 116 Å². The molecule has 0 bridgehead atoms. The van der Waals surface area contributed by atoms with Crippen LogP contribution >= 0.6 is 11.6 Å². The van der Waals surface area contributed by atoms with E-state index < -0.39 is 11.6 Å². The molecule has 0 fully saturated rings. The van der Waals surface area contributed by atoms with Crippen LogP contribution in [0.3, 0.4) is 0 Å². The van der Waals surface area contributed by atoms with Gasteiger partial charge in [-0.05, 0) is 54.4 Å². The second-order valence-electron chi connectivity index (χ2n) is 4.42. The van der Waals surface area contributed by atoms with Gasteiger partial charge in [0.2, 0.25) is 0 Å². The number of benzene rings is 2. The predicted octanol–water partition coefficient (Wildman–Crippen LogP) is 3.90. The Balaban J connectivity index is 2.23. The zero-order valence-corrected chi connectivity index (χ0v) is 11.0. The molecule has 4 heteroatoms. The van der Waals surface area contributed by atoms with Crippen molar-refractivity contribution < 1.29 is 8.78 Å². The number of hydrogen-bond acceptors (Lipinski definition) is 1. The molecule has 0 spiro atoms. The van der Waals surface area contributed by atoms with Crippen molar-refractivity contribution in [1.29, 1.82) is 0 Å². The van der Waals surface area contributed by atoms with Crippen LogP contribution in [-0.2, 0) is 6.42 Å². The topological polar surface area (TPSA) is 26.0 Å². The van der Waals surface area contributed by atoms with Crippen molar-refractivity contribution in [2.45, 2.75) is 12.3 Å². The number of halogens is 3. The number of rotatable bonds is 4. The summed E-state index contributed by atoms with van der Waals surface area (Å²) >= 11 is 5.82. The summed E-state index contributed by atoms with van der Waals surface area (Å²) in [6.45, 7) is 0.359. The smallest absolute Gasteiger partial charge is 0.126 e. The van der Waals surface area contributed by atoms with Crippen molar-refractivity contribution in [3.8, 4) is 0 Å². The first kappa shape index (κ1) is 14.0. The van der Waals surface area contributed by atoms with E-state index in [9.17, 15) is 8.78 Å². The van der Waals surface area contributed by atoms with E-state index in [0.717, 1.165) is 17.7 Å². The summed E-state index contributed by atoms with van der Waals surface area (Å²) in [6, 6.07) is 10.7. The molecule has 0 heterocycles. The molecule has 0 aliphatic carbocycles. The summed E-state index contributed by atoms with van der Waals surface area (Å²) in [5.74, 6) is -0.911.